The molecule has 1 aliphatic rings. The molecule has 4 heterocycles. The van der Waals surface area contributed by atoms with Crippen molar-refractivity contribution >= 4 is 39.4 Å². The minimum absolute atomic E-state index is 0.180. The molecule has 16 nitrogen and oxygen atoms in total. The molecule has 0 unspecified atom stereocenters. The number of carboxylic acid groups (broad SMARTS) is 1. The molecule has 1 aliphatic heterocycles. The fraction of sp³-hybridized carbons (Fsp3) is 0.297. The van der Waals surface area contributed by atoms with Crippen molar-refractivity contribution in [1.29, 1.82) is 0 Å². The van der Waals surface area contributed by atoms with Gasteiger partial charge in [-0.3, -0.25) is 10.2 Å². The Bertz CT molecular complexity index is 2110. The van der Waals surface area contributed by atoms with Gasteiger partial charge in [-0.25, -0.2) is 28.2 Å². The van der Waals surface area contributed by atoms with Crippen LogP contribution in [0, 0.1) is 6.92 Å². The molecule has 1 amide bonds. The molecular weight excluding hydrogens is 713 g/mol. The van der Waals surface area contributed by atoms with Gasteiger partial charge in [0.25, 0.3) is 0 Å². The number of amides is 1. The molecule has 54 heavy (non-hydrogen) atoms. The van der Waals surface area contributed by atoms with Gasteiger partial charge in [-0.05, 0) is 66.1 Å². The number of rotatable bonds is 14. The standard InChI is InChI=1S/C37H42N10O6S/c1-25-40-35(44-36(41-25)46(23-26-5-10-30(52-2)11-6-26)24-27-7-12-31(53-3)13-8-27)32-19-28(22-45-15-17-47(18-16-45)54(4,50)51)20-39-34(32)42-29-9-14-33(38-21-29)43-37(48)49/h5-14,19-21H,15-18,22-24H2,1-4H3,(H,38,43)(H,39,42)(H,48,49). The summed E-state index contributed by atoms with van der Waals surface area (Å²) in [7, 11) is 0.00583. The van der Waals surface area contributed by atoms with Crippen LogP contribution in [0.3, 0.4) is 0 Å². The summed E-state index contributed by atoms with van der Waals surface area (Å²) >= 11 is 0. The predicted octanol–water partition coefficient (Wildman–Crippen LogP) is 4.77. The SMILES string of the molecule is COc1ccc(CN(Cc2ccc(OC)cc2)c2nc(C)nc(-c3cc(CN4CCN(S(C)(=O)=O)CC4)cnc3Nc3ccc(NC(=O)O)nc3)n2)cc1. The van der Waals surface area contributed by atoms with Gasteiger partial charge in [0.15, 0.2) is 5.82 Å². The largest absolute Gasteiger partial charge is 0.497 e. The Morgan fingerprint density at radius 1 is 0.833 bits per heavy atom. The molecule has 282 valence electrons. The van der Waals surface area contributed by atoms with Crippen LogP contribution in [0.4, 0.5) is 28.1 Å². The fourth-order valence-corrected chi connectivity index (χ4v) is 6.79. The normalized spacial score (nSPS) is 13.6. The van der Waals surface area contributed by atoms with Gasteiger partial charge < -0.3 is 24.8 Å². The molecule has 1 saturated heterocycles. The summed E-state index contributed by atoms with van der Waals surface area (Å²) in [5.74, 6) is 3.50. The number of hydrogen-bond acceptors (Lipinski definition) is 13. The second kappa shape index (κ2) is 16.8. The topological polar surface area (TPSA) is 188 Å². The van der Waals surface area contributed by atoms with Gasteiger partial charge in [0, 0.05) is 52.0 Å². The maximum Gasteiger partial charge on any atom is 0.410 e. The molecule has 3 N–H and O–H groups in total. The monoisotopic (exact) mass is 754 g/mol. The Hall–Kier alpha value is -5.91. The lowest BCUT2D eigenvalue weighted by Crippen LogP contribution is -2.47. The van der Waals surface area contributed by atoms with E-state index in [-0.39, 0.29) is 5.82 Å². The number of methoxy groups -OCH3 is 2. The van der Waals surface area contributed by atoms with E-state index in [0.717, 1.165) is 28.2 Å². The number of pyridine rings is 2. The molecule has 5 aromatic rings. The van der Waals surface area contributed by atoms with Crippen LogP contribution in [0.1, 0.15) is 22.5 Å². The molecule has 17 heteroatoms. The number of carbonyl (C=O) groups is 1. The Kier molecular flexibility index (Phi) is 11.8. The van der Waals surface area contributed by atoms with Crippen LogP contribution < -0.4 is 25.0 Å². The zero-order chi connectivity index (χ0) is 38.2. The molecule has 6 rings (SSSR count). The van der Waals surface area contributed by atoms with E-state index in [2.05, 4.69) is 25.4 Å². The highest BCUT2D eigenvalue weighted by Crippen LogP contribution is 2.30. The van der Waals surface area contributed by atoms with Gasteiger partial charge in [0.1, 0.15) is 29.0 Å². The van der Waals surface area contributed by atoms with Crippen molar-refractivity contribution in [2.24, 2.45) is 0 Å². The number of anilines is 4. The number of ether oxygens (including phenoxy) is 2. The molecule has 0 atom stereocenters. The Morgan fingerprint density at radius 2 is 1.46 bits per heavy atom. The van der Waals surface area contributed by atoms with E-state index in [1.165, 1.54) is 16.8 Å². The van der Waals surface area contributed by atoms with E-state index in [1.807, 2.05) is 61.5 Å². The second-order valence-electron chi connectivity index (χ2n) is 12.7. The van der Waals surface area contributed by atoms with Crippen LogP contribution in [0.25, 0.3) is 11.4 Å². The van der Waals surface area contributed by atoms with Crippen molar-refractivity contribution in [3.05, 3.63) is 102 Å². The number of aryl methyl sites for hydroxylation is 1. The maximum absolute atomic E-state index is 12.1. The van der Waals surface area contributed by atoms with Gasteiger partial charge in [-0.1, -0.05) is 24.3 Å². The van der Waals surface area contributed by atoms with E-state index in [4.69, 9.17) is 34.5 Å². The van der Waals surface area contributed by atoms with E-state index in [9.17, 15) is 13.2 Å². The Morgan fingerprint density at radius 3 is 2.00 bits per heavy atom. The third-order valence-corrected chi connectivity index (χ3v) is 10.0. The summed E-state index contributed by atoms with van der Waals surface area (Å²) in [6, 6.07) is 20.9. The summed E-state index contributed by atoms with van der Waals surface area (Å²) < 4.78 is 36.4. The van der Waals surface area contributed by atoms with E-state index >= 15 is 0 Å². The summed E-state index contributed by atoms with van der Waals surface area (Å²) in [5, 5.41) is 14.6. The van der Waals surface area contributed by atoms with Crippen LogP contribution in [0.5, 0.6) is 11.5 Å². The van der Waals surface area contributed by atoms with E-state index in [1.54, 1.807) is 32.5 Å². The van der Waals surface area contributed by atoms with Gasteiger partial charge >= 0.3 is 6.09 Å². The number of sulfonamides is 1. The maximum atomic E-state index is 12.1. The minimum Gasteiger partial charge on any atom is -0.497 e. The highest BCUT2D eigenvalue weighted by Gasteiger charge is 2.24. The van der Waals surface area contributed by atoms with E-state index in [0.29, 0.717) is 80.5 Å². The number of benzene rings is 2. The molecule has 1 fully saturated rings. The smallest absolute Gasteiger partial charge is 0.410 e. The highest BCUT2D eigenvalue weighted by molar-refractivity contribution is 7.88. The third-order valence-electron chi connectivity index (χ3n) is 8.74. The Balaban J connectivity index is 1.36. The predicted molar refractivity (Wildman–Crippen MR) is 205 cm³/mol. The summed E-state index contributed by atoms with van der Waals surface area (Å²) in [6.07, 6.45) is 3.28. The van der Waals surface area contributed by atoms with E-state index < -0.39 is 16.1 Å². The summed E-state index contributed by atoms with van der Waals surface area (Å²) in [6.45, 7) is 5.30. The first-order chi connectivity index (χ1) is 25.9. The Labute approximate surface area is 313 Å². The second-order valence-corrected chi connectivity index (χ2v) is 14.7. The first-order valence-electron chi connectivity index (χ1n) is 17.1. The quantitative estimate of drug-likeness (QED) is 0.141. The summed E-state index contributed by atoms with van der Waals surface area (Å²) in [5.41, 5.74) is 4.11. The van der Waals surface area contributed by atoms with Gasteiger partial charge in [-0.2, -0.15) is 14.3 Å². The van der Waals surface area contributed by atoms with Gasteiger partial charge in [0.05, 0.1) is 37.9 Å². The lowest BCUT2D eigenvalue weighted by Gasteiger charge is -2.33. The first kappa shape index (κ1) is 37.8. The van der Waals surface area contributed by atoms with Crippen molar-refractivity contribution in [3.63, 3.8) is 0 Å². The number of hydrogen-bond donors (Lipinski definition) is 3. The summed E-state index contributed by atoms with van der Waals surface area (Å²) in [4.78, 5) is 39.0. The van der Waals surface area contributed by atoms with Crippen molar-refractivity contribution in [1.82, 2.24) is 34.1 Å². The van der Waals surface area contributed by atoms with Crippen LogP contribution >= 0.6 is 0 Å². The van der Waals surface area contributed by atoms with Crippen molar-refractivity contribution in [2.45, 2.75) is 26.6 Å². The molecule has 0 bridgehead atoms. The first-order valence-corrected chi connectivity index (χ1v) is 18.9. The molecule has 0 radical (unpaired) electrons. The van der Waals surface area contributed by atoms with Crippen molar-refractivity contribution in [3.8, 4) is 22.9 Å². The zero-order valence-corrected chi connectivity index (χ0v) is 31.2. The van der Waals surface area contributed by atoms with Crippen LogP contribution in [0.2, 0.25) is 0 Å². The molecule has 0 spiro atoms. The highest BCUT2D eigenvalue weighted by atomic mass is 32.2. The average molecular weight is 755 g/mol. The number of nitrogens with zero attached hydrogens (tertiary/aromatic N) is 8. The van der Waals surface area contributed by atoms with Crippen LogP contribution in [0.15, 0.2) is 79.1 Å². The lowest BCUT2D eigenvalue weighted by atomic mass is 10.1. The zero-order valence-electron chi connectivity index (χ0n) is 30.4. The van der Waals surface area contributed by atoms with Crippen LogP contribution in [-0.4, -0.2) is 100 Å². The molecule has 3 aromatic heterocycles. The minimum atomic E-state index is -3.26. The van der Waals surface area contributed by atoms with Crippen molar-refractivity contribution in [2.75, 3.05) is 62.2 Å². The van der Waals surface area contributed by atoms with Crippen LogP contribution in [-0.2, 0) is 29.7 Å². The third kappa shape index (κ3) is 9.94. The fourth-order valence-electron chi connectivity index (χ4n) is 5.96. The molecular formula is C37H42N10O6S. The van der Waals surface area contributed by atoms with Gasteiger partial charge in [0.2, 0.25) is 16.0 Å². The number of nitrogens with one attached hydrogen (secondary N) is 2. The average Bonchev–Trinajstić information content (AvgIpc) is 3.16. The number of aromatic nitrogens is 5. The molecule has 2 aromatic carbocycles. The number of piperazine rings is 1. The lowest BCUT2D eigenvalue weighted by molar-refractivity contribution is 0.182. The van der Waals surface area contributed by atoms with Crippen molar-refractivity contribution < 1.29 is 27.8 Å². The molecule has 0 aliphatic carbocycles. The van der Waals surface area contributed by atoms with Gasteiger partial charge in [-0.15, -0.1) is 0 Å². The molecule has 0 saturated carbocycles.